The molecule has 1 aliphatic heterocycles. The molecule has 1 saturated heterocycles. The van der Waals surface area contributed by atoms with E-state index < -0.39 is 12.1 Å². The number of amidine groups is 1. The van der Waals surface area contributed by atoms with Crippen molar-refractivity contribution in [2.75, 3.05) is 13.7 Å². The lowest BCUT2D eigenvalue weighted by Crippen LogP contribution is -2.40. The zero-order valence-electron chi connectivity index (χ0n) is 18.1. The fourth-order valence-electron chi connectivity index (χ4n) is 3.32. The fourth-order valence-corrected chi connectivity index (χ4v) is 3.32. The lowest BCUT2D eigenvalue weighted by molar-refractivity contribution is -0.144. The molecule has 0 aromatic heterocycles. The van der Waals surface area contributed by atoms with Crippen molar-refractivity contribution in [2.24, 2.45) is 5.92 Å². The van der Waals surface area contributed by atoms with Crippen LogP contribution in [0.15, 0.2) is 54.6 Å². The van der Waals surface area contributed by atoms with Crippen molar-refractivity contribution in [3.05, 3.63) is 71.3 Å². The van der Waals surface area contributed by atoms with Gasteiger partial charge in [0.15, 0.2) is 0 Å². The number of carbonyl (C=O) groups excluding carboxylic acids is 3. The Morgan fingerprint density at radius 2 is 1.76 bits per heavy atom. The van der Waals surface area contributed by atoms with Gasteiger partial charge in [0.2, 0.25) is 5.91 Å². The van der Waals surface area contributed by atoms with Gasteiger partial charge in [0.1, 0.15) is 12.4 Å². The van der Waals surface area contributed by atoms with Crippen molar-refractivity contribution in [3.63, 3.8) is 0 Å². The summed E-state index contributed by atoms with van der Waals surface area (Å²) in [5.74, 6) is -0.893. The molecule has 1 aliphatic rings. The van der Waals surface area contributed by atoms with Crippen LogP contribution in [0.5, 0.6) is 0 Å². The second kappa shape index (κ2) is 12.6. The molecule has 9 nitrogen and oxygen atoms in total. The predicted molar refractivity (Wildman–Crippen MR) is 124 cm³/mol. The summed E-state index contributed by atoms with van der Waals surface area (Å²) in [6.45, 7) is 0.844. The molecule has 0 saturated carbocycles. The van der Waals surface area contributed by atoms with Crippen LogP contribution in [0.25, 0.3) is 0 Å². The Bertz CT molecular complexity index is 969. The monoisotopic (exact) mass is 474 g/mol. The first-order valence-electron chi connectivity index (χ1n) is 10.2. The van der Waals surface area contributed by atoms with Gasteiger partial charge in [0.25, 0.3) is 0 Å². The lowest BCUT2D eigenvalue weighted by Gasteiger charge is -2.12. The van der Waals surface area contributed by atoms with Crippen LogP contribution in [0.4, 0.5) is 4.79 Å². The highest BCUT2D eigenvalue weighted by molar-refractivity contribution is 6.04. The van der Waals surface area contributed by atoms with Crippen LogP contribution < -0.4 is 16.0 Å². The molecule has 1 fully saturated rings. The number of esters is 1. The molecule has 2 amide bonds. The molecular weight excluding hydrogens is 448 g/mol. The van der Waals surface area contributed by atoms with Gasteiger partial charge in [-0.15, -0.1) is 12.4 Å². The number of benzene rings is 2. The second-order valence-corrected chi connectivity index (χ2v) is 7.39. The summed E-state index contributed by atoms with van der Waals surface area (Å²) >= 11 is 0. The van der Waals surface area contributed by atoms with Gasteiger partial charge in [-0.25, -0.2) is 4.79 Å². The Morgan fingerprint density at radius 3 is 2.42 bits per heavy atom. The van der Waals surface area contributed by atoms with Crippen LogP contribution in [0.3, 0.4) is 0 Å². The molecule has 0 unspecified atom stereocenters. The third-order valence-electron chi connectivity index (χ3n) is 5.13. The first-order chi connectivity index (χ1) is 15.5. The summed E-state index contributed by atoms with van der Waals surface area (Å²) in [6.07, 6.45) is -0.301. The topological polar surface area (TPSA) is 130 Å². The van der Waals surface area contributed by atoms with Gasteiger partial charge < -0.3 is 20.1 Å². The number of hydrogen-bond acceptors (Lipinski definition) is 7. The summed E-state index contributed by atoms with van der Waals surface area (Å²) < 4.78 is 9.83. The number of halogens is 1. The quantitative estimate of drug-likeness (QED) is 0.276. The van der Waals surface area contributed by atoms with E-state index in [9.17, 15) is 14.4 Å². The molecule has 4 N–H and O–H groups in total. The number of alkyl carbamates (subject to hydrolysis) is 1. The maximum absolute atomic E-state index is 12.3. The summed E-state index contributed by atoms with van der Waals surface area (Å²) in [4.78, 5) is 35.8. The number of carbonyl (C=O) groups is 3. The van der Waals surface area contributed by atoms with Crippen molar-refractivity contribution in [3.8, 4) is 0 Å². The van der Waals surface area contributed by atoms with E-state index in [4.69, 9.17) is 14.9 Å². The zero-order valence-corrected chi connectivity index (χ0v) is 18.9. The van der Waals surface area contributed by atoms with E-state index in [1.54, 1.807) is 24.3 Å². The first kappa shape index (κ1) is 25.8. The third-order valence-corrected chi connectivity index (χ3v) is 5.13. The lowest BCUT2D eigenvalue weighted by atomic mass is 10.1. The predicted octanol–water partition coefficient (Wildman–Crippen LogP) is 2.13. The smallest absolute Gasteiger partial charge is 0.413 e. The average molecular weight is 475 g/mol. The van der Waals surface area contributed by atoms with Crippen LogP contribution in [-0.2, 0) is 32.2 Å². The van der Waals surface area contributed by atoms with Gasteiger partial charge in [-0.1, -0.05) is 54.6 Å². The SMILES string of the molecule is COC(=O)[C@H]1CN[C@H](C(=O)NCc2ccc(C(=N)NC(=O)OCc3ccccc3)cc2)C1.Cl. The highest BCUT2D eigenvalue weighted by atomic mass is 35.5. The second-order valence-electron chi connectivity index (χ2n) is 7.39. The number of amides is 2. The van der Waals surface area contributed by atoms with Crippen molar-refractivity contribution < 1.29 is 23.9 Å². The summed E-state index contributed by atoms with van der Waals surface area (Å²) in [5, 5.41) is 16.3. The molecule has 3 rings (SSSR count). The number of rotatable bonds is 7. The van der Waals surface area contributed by atoms with Gasteiger partial charge >= 0.3 is 12.1 Å². The van der Waals surface area contributed by atoms with Crippen LogP contribution in [0.2, 0.25) is 0 Å². The van der Waals surface area contributed by atoms with Gasteiger partial charge in [0, 0.05) is 18.7 Å². The Morgan fingerprint density at radius 1 is 1.06 bits per heavy atom. The number of nitrogens with one attached hydrogen (secondary N) is 4. The third kappa shape index (κ3) is 7.58. The van der Waals surface area contributed by atoms with Gasteiger partial charge in [-0.2, -0.15) is 0 Å². The van der Waals surface area contributed by atoms with E-state index in [1.807, 2.05) is 30.3 Å². The summed E-state index contributed by atoms with van der Waals surface area (Å²) in [5.41, 5.74) is 2.20. The van der Waals surface area contributed by atoms with Crippen molar-refractivity contribution in [2.45, 2.75) is 25.6 Å². The Hall–Kier alpha value is -3.43. The van der Waals surface area contributed by atoms with Crippen LogP contribution in [0, 0.1) is 11.3 Å². The van der Waals surface area contributed by atoms with E-state index in [0.29, 0.717) is 25.1 Å². The molecule has 2 atom stereocenters. The highest BCUT2D eigenvalue weighted by Gasteiger charge is 2.33. The number of hydrogen-bond donors (Lipinski definition) is 4. The van der Waals surface area contributed by atoms with Gasteiger partial charge in [-0.05, 0) is 17.5 Å². The maximum atomic E-state index is 12.3. The van der Waals surface area contributed by atoms with Crippen LogP contribution >= 0.6 is 12.4 Å². The Kier molecular flexibility index (Phi) is 9.84. The van der Waals surface area contributed by atoms with Gasteiger partial charge in [0.05, 0.1) is 19.1 Å². The first-order valence-corrected chi connectivity index (χ1v) is 10.2. The van der Waals surface area contributed by atoms with E-state index in [-0.39, 0.29) is 42.6 Å². The van der Waals surface area contributed by atoms with E-state index in [2.05, 4.69) is 16.0 Å². The molecule has 0 radical (unpaired) electrons. The van der Waals surface area contributed by atoms with Crippen molar-refractivity contribution >= 4 is 36.2 Å². The standard InChI is InChI=1S/C23H26N4O5.ClH/c1-31-22(29)18-11-19(25-13-18)21(28)26-12-15-7-9-17(10-8-15)20(24)27-23(30)32-14-16-5-3-2-4-6-16;/h2-10,18-19,25H,11-14H2,1H3,(H,26,28)(H2,24,27,30);1H/t18-,19+;/m1./s1. The fraction of sp³-hybridized carbons (Fsp3) is 0.304. The van der Waals surface area contributed by atoms with Crippen LogP contribution in [-0.4, -0.2) is 43.5 Å². The minimum absolute atomic E-state index is 0. The van der Waals surface area contributed by atoms with Crippen LogP contribution in [0.1, 0.15) is 23.1 Å². The van der Waals surface area contributed by atoms with E-state index in [0.717, 1.165) is 11.1 Å². The largest absolute Gasteiger partial charge is 0.469 e. The zero-order chi connectivity index (χ0) is 22.9. The van der Waals surface area contributed by atoms with Crippen molar-refractivity contribution in [1.29, 1.82) is 5.41 Å². The minimum Gasteiger partial charge on any atom is -0.469 e. The van der Waals surface area contributed by atoms with Gasteiger partial charge in [-0.3, -0.25) is 20.3 Å². The molecule has 33 heavy (non-hydrogen) atoms. The van der Waals surface area contributed by atoms with Crippen molar-refractivity contribution in [1.82, 2.24) is 16.0 Å². The van der Waals surface area contributed by atoms with E-state index >= 15 is 0 Å². The Labute approximate surface area is 198 Å². The molecule has 1 heterocycles. The number of methoxy groups -OCH3 is 1. The molecule has 2 aromatic rings. The highest BCUT2D eigenvalue weighted by Crippen LogP contribution is 2.15. The van der Waals surface area contributed by atoms with E-state index in [1.165, 1.54) is 7.11 Å². The maximum Gasteiger partial charge on any atom is 0.413 e. The Balaban J connectivity index is 0.00000385. The average Bonchev–Trinajstić information content (AvgIpc) is 3.32. The minimum atomic E-state index is -0.704. The molecule has 10 heteroatoms. The summed E-state index contributed by atoms with van der Waals surface area (Å²) in [7, 11) is 1.34. The molecule has 0 spiro atoms. The molecular formula is C23H27ClN4O5. The normalized spacial score (nSPS) is 16.8. The molecule has 0 aliphatic carbocycles. The molecule has 2 aromatic carbocycles. The molecule has 176 valence electrons. The molecule has 0 bridgehead atoms. The summed E-state index contributed by atoms with van der Waals surface area (Å²) in [6, 6.07) is 15.7. The number of ether oxygens (including phenoxy) is 2.